The first kappa shape index (κ1) is 14.3. The van der Waals surface area contributed by atoms with E-state index in [0.29, 0.717) is 10.9 Å². The van der Waals surface area contributed by atoms with Gasteiger partial charge in [0.2, 0.25) is 10.0 Å². The molecule has 0 aromatic carbocycles. The molecule has 0 aliphatic carbocycles. The van der Waals surface area contributed by atoms with Crippen LogP contribution in [0.25, 0.3) is 0 Å². The van der Waals surface area contributed by atoms with Gasteiger partial charge in [-0.05, 0) is 28.9 Å². The third-order valence-electron chi connectivity index (χ3n) is 2.15. The highest BCUT2D eigenvalue weighted by molar-refractivity contribution is 9.10. The van der Waals surface area contributed by atoms with E-state index in [2.05, 4.69) is 25.6 Å². The Bertz CT molecular complexity index is 516. The Hall–Kier alpha value is -0.790. The summed E-state index contributed by atoms with van der Waals surface area (Å²) in [5.41, 5.74) is 0. The SMILES string of the molecule is CCC(=O)C(C)NS(=O)(=O)c1cncc(Br)c1. The lowest BCUT2D eigenvalue weighted by Crippen LogP contribution is -2.38. The van der Waals surface area contributed by atoms with Crippen LogP contribution in [0.2, 0.25) is 0 Å². The summed E-state index contributed by atoms with van der Waals surface area (Å²) in [6.07, 6.45) is 3.01. The van der Waals surface area contributed by atoms with E-state index in [0.717, 1.165) is 0 Å². The molecule has 5 nitrogen and oxygen atoms in total. The van der Waals surface area contributed by atoms with Crippen LogP contribution in [0.4, 0.5) is 0 Å². The second kappa shape index (κ2) is 5.70. The molecule has 0 aliphatic heterocycles. The predicted molar refractivity (Wildman–Crippen MR) is 67.0 cm³/mol. The highest BCUT2D eigenvalue weighted by atomic mass is 79.9. The van der Waals surface area contributed by atoms with E-state index in [-0.39, 0.29) is 10.7 Å². The molecular weight excluding hydrogens is 308 g/mol. The lowest BCUT2D eigenvalue weighted by molar-refractivity contribution is -0.119. The molecule has 0 bridgehead atoms. The summed E-state index contributed by atoms with van der Waals surface area (Å²) in [7, 11) is -3.70. The van der Waals surface area contributed by atoms with E-state index in [1.165, 1.54) is 25.4 Å². The standard InChI is InChI=1S/C10H13BrN2O3S/c1-3-10(14)7(2)13-17(15,16)9-4-8(11)5-12-6-9/h4-7,13H,3H2,1-2H3. The van der Waals surface area contributed by atoms with E-state index < -0.39 is 16.1 Å². The largest absolute Gasteiger partial charge is 0.298 e. The molecule has 1 heterocycles. The normalized spacial score (nSPS) is 13.4. The molecule has 1 atom stereocenters. The second-order valence-electron chi connectivity index (χ2n) is 3.50. The molecule has 7 heteroatoms. The highest BCUT2D eigenvalue weighted by Crippen LogP contribution is 2.14. The third kappa shape index (κ3) is 3.86. The Labute approximate surface area is 109 Å². The summed E-state index contributed by atoms with van der Waals surface area (Å²) in [4.78, 5) is 15.1. The number of hydrogen-bond donors (Lipinski definition) is 1. The van der Waals surface area contributed by atoms with Crippen molar-refractivity contribution in [1.82, 2.24) is 9.71 Å². The van der Waals surface area contributed by atoms with Crippen LogP contribution in [0.5, 0.6) is 0 Å². The van der Waals surface area contributed by atoms with E-state index in [9.17, 15) is 13.2 Å². The third-order valence-corrected chi connectivity index (χ3v) is 4.09. The van der Waals surface area contributed by atoms with Crippen molar-refractivity contribution in [1.29, 1.82) is 0 Å². The van der Waals surface area contributed by atoms with Crippen LogP contribution in [0.1, 0.15) is 20.3 Å². The molecule has 1 unspecified atom stereocenters. The van der Waals surface area contributed by atoms with E-state index in [1.54, 1.807) is 6.92 Å². The summed E-state index contributed by atoms with van der Waals surface area (Å²) in [6.45, 7) is 3.21. The molecule has 94 valence electrons. The molecule has 1 rings (SSSR count). The Morgan fingerprint density at radius 2 is 2.18 bits per heavy atom. The van der Waals surface area contributed by atoms with Gasteiger partial charge in [-0.15, -0.1) is 0 Å². The van der Waals surface area contributed by atoms with Crippen LogP contribution in [-0.2, 0) is 14.8 Å². The van der Waals surface area contributed by atoms with Crippen molar-refractivity contribution in [3.8, 4) is 0 Å². The Morgan fingerprint density at radius 1 is 1.53 bits per heavy atom. The van der Waals surface area contributed by atoms with Crippen LogP contribution in [-0.4, -0.2) is 25.2 Å². The zero-order valence-electron chi connectivity index (χ0n) is 9.47. The molecule has 17 heavy (non-hydrogen) atoms. The molecule has 1 N–H and O–H groups in total. The van der Waals surface area contributed by atoms with Gasteiger partial charge in [0, 0.05) is 23.3 Å². The first-order chi connectivity index (χ1) is 7.86. The van der Waals surface area contributed by atoms with E-state index >= 15 is 0 Å². The van der Waals surface area contributed by atoms with Gasteiger partial charge < -0.3 is 0 Å². The topological polar surface area (TPSA) is 76.1 Å². The minimum atomic E-state index is -3.70. The number of halogens is 1. The Balaban J connectivity index is 2.93. The number of carbonyl (C=O) groups excluding carboxylic acids is 1. The lowest BCUT2D eigenvalue weighted by Gasteiger charge is -2.12. The van der Waals surface area contributed by atoms with Crippen LogP contribution >= 0.6 is 15.9 Å². The number of hydrogen-bond acceptors (Lipinski definition) is 4. The zero-order chi connectivity index (χ0) is 13.1. The Kier molecular flexibility index (Phi) is 4.79. The summed E-state index contributed by atoms with van der Waals surface area (Å²) in [5, 5.41) is 0. The molecule has 0 radical (unpaired) electrons. The van der Waals surface area contributed by atoms with Gasteiger partial charge in [0.05, 0.1) is 6.04 Å². The fourth-order valence-electron chi connectivity index (χ4n) is 1.21. The molecule has 0 saturated carbocycles. The average Bonchev–Trinajstić information content (AvgIpc) is 2.27. The molecule has 0 aliphatic rings. The monoisotopic (exact) mass is 320 g/mol. The quantitative estimate of drug-likeness (QED) is 0.891. The van der Waals surface area contributed by atoms with Gasteiger partial charge in [-0.2, -0.15) is 0 Å². The minimum absolute atomic E-state index is 0.0302. The van der Waals surface area contributed by atoms with Crippen molar-refractivity contribution >= 4 is 31.7 Å². The number of pyridine rings is 1. The van der Waals surface area contributed by atoms with Crippen LogP contribution < -0.4 is 4.72 Å². The lowest BCUT2D eigenvalue weighted by atomic mass is 10.2. The van der Waals surface area contributed by atoms with Crippen molar-refractivity contribution in [3.05, 3.63) is 22.9 Å². The van der Waals surface area contributed by atoms with Gasteiger partial charge in [0.1, 0.15) is 10.7 Å². The van der Waals surface area contributed by atoms with Crippen molar-refractivity contribution in [2.75, 3.05) is 0 Å². The molecule has 0 spiro atoms. The van der Waals surface area contributed by atoms with Crippen molar-refractivity contribution < 1.29 is 13.2 Å². The van der Waals surface area contributed by atoms with Crippen LogP contribution in [0.3, 0.4) is 0 Å². The van der Waals surface area contributed by atoms with Crippen molar-refractivity contribution in [2.24, 2.45) is 0 Å². The average molecular weight is 321 g/mol. The molecule has 0 fully saturated rings. The van der Waals surface area contributed by atoms with Gasteiger partial charge in [-0.3, -0.25) is 9.78 Å². The maximum absolute atomic E-state index is 11.9. The fraction of sp³-hybridized carbons (Fsp3) is 0.400. The second-order valence-corrected chi connectivity index (χ2v) is 6.13. The number of carbonyl (C=O) groups is 1. The molecular formula is C10H13BrN2O3S. The molecule has 1 aromatic rings. The highest BCUT2D eigenvalue weighted by Gasteiger charge is 2.21. The predicted octanol–water partition coefficient (Wildman–Crippen LogP) is 1.49. The van der Waals surface area contributed by atoms with Crippen LogP contribution in [0, 0.1) is 0 Å². The Morgan fingerprint density at radius 3 is 2.71 bits per heavy atom. The van der Waals surface area contributed by atoms with Gasteiger partial charge >= 0.3 is 0 Å². The maximum Gasteiger partial charge on any atom is 0.242 e. The molecule has 1 aromatic heterocycles. The number of rotatable bonds is 5. The number of nitrogens with one attached hydrogen (secondary N) is 1. The molecule has 0 saturated heterocycles. The number of aromatic nitrogens is 1. The number of ketones is 1. The van der Waals surface area contributed by atoms with Crippen LogP contribution in [0.15, 0.2) is 27.8 Å². The minimum Gasteiger partial charge on any atom is -0.298 e. The number of sulfonamides is 1. The van der Waals surface area contributed by atoms with Gasteiger partial charge in [0.25, 0.3) is 0 Å². The summed E-state index contributed by atoms with van der Waals surface area (Å²) in [6, 6.07) is 0.697. The summed E-state index contributed by atoms with van der Waals surface area (Å²) < 4.78 is 26.7. The maximum atomic E-state index is 11.9. The van der Waals surface area contributed by atoms with Gasteiger partial charge in [-0.1, -0.05) is 6.92 Å². The number of Topliss-reactive ketones (excluding diaryl/α,β-unsaturated/α-hetero) is 1. The molecule has 0 amide bonds. The van der Waals surface area contributed by atoms with Gasteiger partial charge in [-0.25, -0.2) is 13.1 Å². The number of nitrogens with zero attached hydrogens (tertiary/aromatic N) is 1. The first-order valence-electron chi connectivity index (χ1n) is 5.02. The first-order valence-corrected chi connectivity index (χ1v) is 7.30. The van der Waals surface area contributed by atoms with E-state index in [4.69, 9.17) is 0 Å². The smallest absolute Gasteiger partial charge is 0.242 e. The summed E-state index contributed by atoms with van der Waals surface area (Å²) >= 11 is 3.14. The fourth-order valence-corrected chi connectivity index (χ4v) is 2.94. The van der Waals surface area contributed by atoms with Crippen molar-refractivity contribution in [3.63, 3.8) is 0 Å². The van der Waals surface area contributed by atoms with Crippen molar-refractivity contribution in [2.45, 2.75) is 31.2 Å². The summed E-state index contributed by atoms with van der Waals surface area (Å²) in [5.74, 6) is -0.156. The zero-order valence-corrected chi connectivity index (χ0v) is 11.9. The van der Waals surface area contributed by atoms with E-state index in [1.807, 2.05) is 0 Å². The van der Waals surface area contributed by atoms with Gasteiger partial charge in [0.15, 0.2) is 0 Å².